The summed E-state index contributed by atoms with van der Waals surface area (Å²) in [7, 11) is 0. The van der Waals surface area contributed by atoms with E-state index in [1.54, 1.807) is 36.5 Å². The van der Waals surface area contributed by atoms with E-state index in [2.05, 4.69) is 10.3 Å². The average Bonchev–Trinajstić information content (AvgIpc) is 2.80. The first-order chi connectivity index (χ1) is 13.9. The van der Waals surface area contributed by atoms with E-state index in [1.165, 1.54) is 4.90 Å². The number of rotatable bonds is 3. The molecule has 3 aromatic rings. The van der Waals surface area contributed by atoms with Gasteiger partial charge in [0.2, 0.25) is 11.8 Å². The Bertz CT molecular complexity index is 1130. The van der Waals surface area contributed by atoms with Gasteiger partial charge in [-0.2, -0.15) is 0 Å². The predicted octanol–water partition coefficient (Wildman–Crippen LogP) is 4.74. The molecular weight excluding hydrogens is 390 g/mol. The van der Waals surface area contributed by atoms with Crippen molar-refractivity contribution >= 4 is 34.8 Å². The van der Waals surface area contributed by atoms with Crippen molar-refractivity contribution in [1.29, 1.82) is 0 Å². The van der Waals surface area contributed by atoms with Crippen LogP contribution in [0.2, 0.25) is 5.02 Å². The lowest BCUT2D eigenvalue weighted by molar-refractivity contribution is -0.114. The minimum absolute atomic E-state index is 0.193. The summed E-state index contributed by atoms with van der Waals surface area (Å²) in [6.07, 6.45) is 1.55. The summed E-state index contributed by atoms with van der Waals surface area (Å²) in [6, 6.07) is 13.9. The van der Waals surface area contributed by atoms with E-state index >= 15 is 0 Å². The number of ether oxygens (including phenoxy) is 1. The van der Waals surface area contributed by atoms with Crippen molar-refractivity contribution < 1.29 is 14.3 Å². The second kappa shape index (κ2) is 7.56. The fraction of sp³-hybridized carbons (Fsp3) is 0.136. The molecule has 146 valence electrons. The molecule has 0 saturated carbocycles. The molecular formula is C22H18ClN3O3. The number of anilines is 2. The minimum atomic E-state index is -0.384. The molecule has 0 spiro atoms. The predicted molar refractivity (Wildman–Crippen MR) is 112 cm³/mol. The van der Waals surface area contributed by atoms with Crippen molar-refractivity contribution in [3.8, 4) is 11.6 Å². The van der Waals surface area contributed by atoms with Gasteiger partial charge in [0.05, 0.1) is 5.69 Å². The zero-order valence-electron chi connectivity index (χ0n) is 15.9. The zero-order valence-corrected chi connectivity index (χ0v) is 16.7. The fourth-order valence-electron chi connectivity index (χ4n) is 3.23. The van der Waals surface area contributed by atoms with Crippen molar-refractivity contribution in [2.24, 2.45) is 0 Å². The number of benzene rings is 2. The molecule has 4 rings (SSSR count). The molecule has 6 nitrogen and oxygen atoms in total. The topological polar surface area (TPSA) is 71.5 Å². The zero-order chi connectivity index (χ0) is 20.5. The standard InChI is InChI=1S/C22H18ClN3O3/c1-13-5-7-17(14(2)10-13)25-20(27)12-26-18-11-15(23)6-8-19(18)29-21-16(22(26)28)4-3-9-24-21/h3-11H,12H2,1-2H3,(H,25,27). The molecule has 0 unspecified atom stereocenters. The SMILES string of the molecule is Cc1ccc(NC(=O)CN2C(=O)c3cccnc3Oc3ccc(Cl)cc32)c(C)c1. The number of aromatic nitrogens is 1. The largest absolute Gasteiger partial charge is 0.436 e. The molecule has 1 aliphatic rings. The van der Waals surface area contributed by atoms with Crippen molar-refractivity contribution in [2.75, 3.05) is 16.8 Å². The third-order valence-electron chi connectivity index (χ3n) is 4.62. The Hall–Kier alpha value is -3.38. The lowest BCUT2D eigenvalue weighted by atomic mass is 10.1. The van der Waals surface area contributed by atoms with E-state index < -0.39 is 0 Å². The molecule has 2 heterocycles. The molecule has 0 radical (unpaired) electrons. The van der Waals surface area contributed by atoms with E-state index in [9.17, 15) is 9.59 Å². The molecule has 0 atom stereocenters. The number of pyridine rings is 1. The number of carbonyl (C=O) groups is 2. The molecule has 2 aromatic carbocycles. The third-order valence-corrected chi connectivity index (χ3v) is 4.86. The van der Waals surface area contributed by atoms with E-state index in [1.807, 2.05) is 32.0 Å². The van der Waals surface area contributed by atoms with Gasteiger partial charge in [-0.05, 0) is 55.8 Å². The second-order valence-electron chi connectivity index (χ2n) is 6.83. The van der Waals surface area contributed by atoms with Gasteiger partial charge >= 0.3 is 0 Å². The third kappa shape index (κ3) is 3.79. The monoisotopic (exact) mass is 407 g/mol. The molecule has 1 aliphatic heterocycles. The smallest absolute Gasteiger partial charge is 0.264 e. The Kier molecular flexibility index (Phi) is 4.94. The van der Waals surface area contributed by atoms with E-state index in [4.69, 9.17) is 16.3 Å². The van der Waals surface area contributed by atoms with Crippen LogP contribution < -0.4 is 15.0 Å². The van der Waals surface area contributed by atoms with Crippen LogP contribution in [0.3, 0.4) is 0 Å². The van der Waals surface area contributed by atoms with Gasteiger partial charge in [0.25, 0.3) is 5.91 Å². The van der Waals surface area contributed by atoms with E-state index in [0.717, 1.165) is 11.1 Å². The highest BCUT2D eigenvalue weighted by Gasteiger charge is 2.30. The number of carbonyl (C=O) groups excluding carboxylic acids is 2. The van der Waals surface area contributed by atoms with Gasteiger partial charge in [0.15, 0.2) is 5.75 Å². The number of halogens is 1. The molecule has 0 fully saturated rings. The maximum Gasteiger partial charge on any atom is 0.264 e. The number of nitrogens with zero attached hydrogens (tertiary/aromatic N) is 2. The molecule has 29 heavy (non-hydrogen) atoms. The van der Waals surface area contributed by atoms with Crippen molar-refractivity contribution in [3.05, 3.63) is 76.4 Å². The first-order valence-electron chi connectivity index (χ1n) is 9.04. The number of aryl methyl sites for hydroxylation is 2. The summed E-state index contributed by atoms with van der Waals surface area (Å²) in [4.78, 5) is 31.5. The maximum atomic E-state index is 13.2. The summed E-state index contributed by atoms with van der Waals surface area (Å²) in [5.74, 6) is -0.119. The van der Waals surface area contributed by atoms with Crippen molar-refractivity contribution in [1.82, 2.24) is 4.98 Å². The Labute approximate surface area is 173 Å². The van der Waals surface area contributed by atoms with Crippen LogP contribution in [0.5, 0.6) is 11.6 Å². The Morgan fingerprint density at radius 3 is 2.79 bits per heavy atom. The van der Waals surface area contributed by atoms with Crippen LogP contribution in [0.15, 0.2) is 54.7 Å². The Balaban J connectivity index is 1.68. The average molecular weight is 408 g/mol. The van der Waals surface area contributed by atoms with Crippen LogP contribution in [0, 0.1) is 13.8 Å². The van der Waals surface area contributed by atoms with Crippen LogP contribution in [-0.2, 0) is 4.79 Å². The Morgan fingerprint density at radius 1 is 1.17 bits per heavy atom. The first kappa shape index (κ1) is 19.0. The first-order valence-corrected chi connectivity index (χ1v) is 9.41. The molecule has 0 bridgehead atoms. The van der Waals surface area contributed by atoms with Crippen LogP contribution in [0.4, 0.5) is 11.4 Å². The summed E-state index contributed by atoms with van der Waals surface area (Å²) in [5, 5.41) is 3.30. The van der Waals surface area contributed by atoms with Crippen LogP contribution in [-0.4, -0.2) is 23.3 Å². The van der Waals surface area contributed by atoms with E-state index in [-0.39, 0.29) is 29.8 Å². The molecule has 0 saturated heterocycles. The van der Waals surface area contributed by atoms with Crippen molar-refractivity contribution in [2.45, 2.75) is 13.8 Å². The quantitative estimate of drug-likeness (QED) is 0.680. The summed E-state index contributed by atoms with van der Waals surface area (Å²) in [6.45, 7) is 3.71. The number of nitrogens with one attached hydrogen (secondary N) is 1. The normalized spacial score (nSPS) is 12.5. The lowest BCUT2D eigenvalue weighted by Gasteiger charge is -2.22. The summed E-state index contributed by atoms with van der Waals surface area (Å²) >= 11 is 6.15. The van der Waals surface area contributed by atoms with Gasteiger partial charge in [0.1, 0.15) is 12.1 Å². The molecule has 0 aliphatic carbocycles. The van der Waals surface area contributed by atoms with Crippen LogP contribution >= 0.6 is 11.6 Å². The second-order valence-corrected chi connectivity index (χ2v) is 7.26. The number of hydrogen-bond donors (Lipinski definition) is 1. The summed E-state index contributed by atoms with van der Waals surface area (Å²) in [5.41, 5.74) is 3.44. The van der Waals surface area contributed by atoms with E-state index in [0.29, 0.717) is 22.1 Å². The minimum Gasteiger partial charge on any atom is -0.436 e. The highest BCUT2D eigenvalue weighted by atomic mass is 35.5. The Morgan fingerprint density at radius 2 is 2.00 bits per heavy atom. The van der Waals surface area contributed by atoms with Gasteiger partial charge in [-0.25, -0.2) is 4.98 Å². The van der Waals surface area contributed by atoms with Gasteiger partial charge in [-0.3, -0.25) is 14.5 Å². The molecule has 7 heteroatoms. The highest BCUT2D eigenvalue weighted by molar-refractivity contribution is 6.31. The highest BCUT2D eigenvalue weighted by Crippen LogP contribution is 2.39. The number of fused-ring (bicyclic) bond motifs is 2. The summed E-state index contributed by atoms with van der Waals surface area (Å²) < 4.78 is 5.83. The molecule has 1 aromatic heterocycles. The van der Waals surface area contributed by atoms with Gasteiger partial charge in [-0.15, -0.1) is 0 Å². The van der Waals surface area contributed by atoms with Crippen LogP contribution in [0.25, 0.3) is 0 Å². The maximum absolute atomic E-state index is 13.2. The van der Waals surface area contributed by atoms with Crippen molar-refractivity contribution in [3.63, 3.8) is 0 Å². The van der Waals surface area contributed by atoms with Gasteiger partial charge < -0.3 is 10.1 Å². The molecule has 2 amide bonds. The fourth-order valence-corrected chi connectivity index (χ4v) is 3.39. The molecule has 1 N–H and O–H groups in total. The number of amides is 2. The lowest BCUT2D eigenvalue weighted by Crippen LogP contribution is -2.37. The van der Waals surface area contributed by atoms with Gasteiger partial charge in [-0.1, -0.05) is 29.3 Å². The van der Waals surface area contributed by atoms with Crippen LogP contribution in [0.1, 0.15) is 21.5 Å². The number of hydrogen-bond acceptors (Lipinski definition) is 4. The van der Waals surface area contributed by atoms with Gasteiger partial charge in [0, 0.05) is 16.9 Å².